The van der Waals surface area contributed by atoms with Crippen molar-refractivity contribution in [2.24, 2.45) is 0 Å². The molecular weight excluding hydrogens is 310 g/mol. The average Bonchev–Trinajstić information content (AvgIpc) is 2.55. The second-order valence-electron chi connectivity index (χ2n) is 5.14. The van der Waals surface area contributed by atoms with Crippen LogP contribution in [0.25, 0.3) is 10.8 Å². The fourth-order valence-electron chi connectivity index (χ4n) is 2.34. The van der Waals surface area contributed by atoms with Gasteiger partial charge in [0.2, 0.25) is 0 Å². The molecule has 0 spiro atoms. The number of thioether (sulfide) groups is 1. The Hall–Kier alpha value is -2.53. The minimum Gasteiger partial charge on any atom is -0.417 e. The van der Waals surface area contributed by atoms with Gasteiger partial charge in [-0.05, 0) is 42.8 Å². The van der Waals surface area contributed by atoms with Gasteiger partial charge in [0.25, 0.3) is 5.91 Å². The first-order valence-electron chi connectivity index (χ1n) is 7.07. The maximum absolute atomic E-state index is 12.4. The monoisotopic (exact) mass is 325 g/mol. The number of carbonyl (C=O) groups is 1. The maximum Gasteiger partial charge on any atom is 0.344 e. The average molecular weight is 325 g/mol. The van der Waals surface area contributed by atoms with Gasteiger partial charge in [-0.25, -0.2) is 4.79 Å². The minimum absolute atomic E-state index is 0.00209. The predicted octanol–water partition coefficient (Wildman–Crippen LogP) is 4.08. The summed E-state index contributed by atoms with van der Waals surface area (Å²) in [5.41, 5.74) is 1.15. The number of hydrogen-bond acceptors (Lipinski definition) is 4. The number of para-hydroxylation sites is 1. The molecule has 0 saturated carbocycles. The standard InChI is InChI=1S/C18H15NO3S/c1-11-7-8-12-10-15(22-18(21)13(12)9-11)17(20)19-14-5-3-4-6-16(14)23-2/h3-10H,1-2H3,(H,19,20). The fraction of sp³-hybridized carbons (Fsp3) is 0.111. The zero-order chi connectivity index (χ0) is 16.4. The molecule has 0 unspecified atom stereocenters. The van der Waals surface area contributed by atoms with Crippen LogP contribution in [-0.4, -0.2) is 12.2 Å². The summed E-state index contributed by atoms with van der Waals surface area (Å²) in [5.74, 6) is -0.437. The van der Waals surface area contributed by atoms with Crippen LogP contribution in [0.3, 0.4) is 0 Å². The molecule has 3 aromatic rings. The van der Waals surface area contributed by atoms with Gasteiger partial charge in [0.15, 0.2) is 5.76 Å². The predicted molar refractivity (Wildman–Crippen MR) is 93.4 cm³/mol. The van der Waals surface area contributed by atoms with Crippen LogP contribution in [0.15, 0.2) is 62.6 Å². The Morgan fingerprint density at radius 2 is 1.91 bits per heavy atom. The highest BCUT2D eigenvalue weighted by molar-refractivity contribution is 7.98. The van der Waals surface area contributed by atoms with Crippen LogP contribution in [0, 0.1) is 6.92 Å². The van der Waals surface area contributed by atoms with E-state index in [1.807, 2.05) is 49.6 Å². The van der Waals surface area contributed by atoms with Crippen molar-refractivity contribution in [3.05, 3.63) is 70.3 Å². The summed E-state index contributed by atoms with van der Waals surface area (Å²) in [4.78, 5) is 25.4. The van der Waals surface area contributed by atoms with Crippen molar-refractivity contribution >= 4 is 34.1 Å². The number of carbonyl (C=O) groups excluding carboxylic acids is 1. The summed E-state index contributed by atoms with van der Waals surface area (Å²) in [6.45, 7) is 1.90. The molecule has 5 heteroatoms. The van der Waals surface area contributed by atoms with Crippen molar-refractivity contribution in [2.75, 3.05) is 11.6 Å². The van der Waals surface area contributed by atoms with Gasteiger partial charge in [0, 0.05) is 4.90 Å². The first-order chi connectivity index (χ1) is 11.1. The lowest BCUT2D eigenvalue weighted by Gasteiger charge is -2.09. The molecule has 1 aromatic heterocycles. The Morgan fingerprint density at radius 1 is 1.13 bits per heavy atom. The van der Waals surface area contributed by atoms with Crippen molar-refractivity contribution in [3.63, 3.8) is 0 Å². The summed E-state index contributed by atoms with van der Waals surface area (Å²) in [7, 11) is 0. The molecule has 0 aliphatic carbocycles. The van der Waals surface area contributed by atoms with E-state index in [0.717, 1.165) is 10.5 Å². The summed E-state index contributed by atoms with van der Waals surface area (Å²) in [5, 5.41) is 3.96. The van der Waals surface area contributed by atoms with E-state index in [2.05, 4.69) is 5.32 Å². The second-order valence-corrected chi connectivity index (χ2v) is 5.99. The minimum atomic E-state index is -0.505. The summed E-state index contributed by atoms with van der Waals surface area (Å²) in [6, 6.07) is 14.5. The fourth-order valence-corrected chi connectivity index (χ4v) is 2.90. The lowest BCUT2D eigenvalue weighted by molar-refractivity contribution is 0.0993. The Balaban J connectivity index is 1.98. The molecular formula is C18H15NO3S. The lowest BCUT2D eigenvalue weighted by Crippen LogP contribution is -2.15. The van der Waals surface area contributed by atoms with Gasteiger partial charge in [-0.2, -0.15) is 0 Å². The van der Waals surface area contributed by atoms with Crippen molar-refractivity contribution in [1.29, 1.82) is 0 Å². The van der Waals surface area contributed by atoms with E-state index < -0.39 is 11.5 Å². The molecule has 3 rings (SSSR count). The van der Waals surface area contributed by atoms with Gasteiger partial charge in [0.1, 0.15) is 0 Å². The molecule has 0 atom stereocenters. The van der Waals surface area contributed by atoms with Gasteiger partial charge in [0.05, 0.1) is 11.1 Å². The number of fused-ring (bicyclic) bond motifs is 1. The second kappa shape index (κ2) is 6.30. The summed E-state index contributed by atoms with van der Waals surface area (Å²) in [6.07, 6.45) is 1.93. The number of benzene rings is 2. The molecule has 0 fully saturated rings. The number of anilines is 1. The van der Waals surface area contributed by atoms with Gasteiger partial charge in [-0.1, -0.05) is 29.8 Å². The van der Waals surface area contributed by atoms with Crippen molar-refractivity contribution in [3.8, 4) is 0 Å². The third-order valence-corrected chi connectivity index (χ3v) is 4.29. The third kappa shape index (κ3) is 3.14. The van der Waals surface area contributed by atoms with Crippen molar-refractivity contribution in [2.45, 2.75) is 11.8 Å². The molecule has 0 saturated heterocycles. The number of hydrogen-bond donors (Lipinski definition) is 1. The first-order valence-corrected chi connectivity index (χ1v) is 8.30. The molecule has 1 heterocycles. The van der Waals surface area contributed by atoms with E-state index in [-0.39, 0.29) is 5.76 Å². The zero-order valence-electron chi connectivity index (χ0n) is 12.8. The van der Waals surface area contributed by atoms with Gasteiger partial charge >= 0.3 is 5.63 Å². The number of rotatable bonds is 3. The highest BCUT2D eigenvalue weighted by Gasteiger charge is 2.14. The van der Waals surface area contributed by atoms with Crippen LogP contribution in [0.2, 0.25) is 0 Å². The van der Waals surface area contributed by atoms with Crippen LogP contribution in [-0.2, 0) is 0 Å². The topological polar surface area (TPSA) is 59.3 Å². The normalized spacial score (nSPS) is 10.7. The Labute approximate surface area is 137 Å². The quantitative estimate of drug-likeness (QED) is 0.737. The molecule has 23 heavy (non-hydrogen) atoms. The van der Waals surface area contributed by atoms with Crippen LogP contribution >= 0.6 is 11.8 Å². The number of aryl methyl sites for hydroxylation is 1. The van der Waals surface area contributed by atoms with E-state index >= 15 is 0 Å². The molecule has 2 aromatic carbocycles. The summed E-state index contributed by atoms with van der Waals surface area (Å²) < 4.78 is 5.18. The lowest BCUT2D eigenvalue weighted by atomic mass is 10.1. The first kappa shape index (κ1) is 15.4. The van der Waals surface area contributed by atoms with E-state index in [9.17, 15) is 9.59 Å². The van der Waals surface area contributed by atoms with Gasteiger partial charge in [-0.3, -0.25) is 4.79 Å². The van der Waals surface area contributed by atoms with Gasteiger partial charge in [-0.15, -0.1) is 11.8 Å². The zero-order valence-corrected chi connectivity index (χ0v) is 13.6. The van der Waals surface area contributed by atoms with Crippen LogP contribution in [0.5, 0.6) is 0 Å². The maximum atomic E-state index is 12.4. The molecule has 116 valence electrons. The number of nitrogens with one attached hydrogen (secondary N) is 1. The van der Waals surface area contributed by atoms with Crippen molar-refractivity contribution in [1.82, 2.24) is 0 Å². The Bertz CT molecular complexity index is 946. The molecule has 1 N–H and O–H groups in total. The number of amides is 1. The third-order valence-electron chi connectivity index (χ3n) is 3.50. The molecule has 0 bridgehead atoms. The van der Waals surface area contributed by atoms with E-state index in [1.54, 1.807) is 12.1 Å². The Morgan fingerprint density at radius 3 is 2.70 bits per heavy atom. The van der Waals surface area contributed by atoms with Crippen molar-refractivity contribution < 1.29 is 9.21 Å². The van der Waals surface area contributed by atoms with Crippen LogP contribution in [0.1, 0.15) is 16.1 Å². The molecule has 4 nitrogen and oxygen atoms in total. The molecule has 0 radical (unpaired) electrons. The van der Waals surface area contributed by atoms with Gasteiger partial charge < -0.3 is 9.73 Å². The Kier molecular flexibility index (Phi) is 4.21. The SMILES string of the molecule is CSc1ccccc1NC(=O)c1cc2ccc(C)cc2c(=O)o1. The van der Waals surface area contributed by atoms with E-state index in [4.69, 9.17) is 4.42 Å². The van der Waals surface area contributed by atoms with Crippen LogP contribution < -0.4 is 10.9 Å². The highest BCUT2D eigenvalue weighted by atomic mass is 32.2. The molecule has 0 aliphatic rings. The van der Waals surface area contributed by atoms with Crippen LogP contribution in [0.4, 0.5) is 5.69 Å². The largest absolute Gasteiger partial charge is 0.417 e. The highest BCUT2D eigenvalue weighted by Crippen LogP contribution is 2.25. The summed E-state index contributed by atoms with van der Waals surface area (Å²) >= 11 is 1.53. The smallest absolute Gasteiger partial charge is 0.344 e. The van der Waals surface area contributed by atoms with E-state index in [0.29, 0.717) is 16.5 Å². The molecule has 1 amide bonds. The molecule has 0 aliphatic heterocycles. The van der Waals surface area contributed by atoms with E-state index in [1.165, 1.54) is 11.8 Å².